The number of aromatic nitrogens is 1. The van der Waals surface area contributed by atoms with Gasteiger partial charge in [0.15, 0.2) is 0 Å². The molecule has 4 heterocycles. The quantitative estimate of drug-likeness (QED) is 0.294. The number of carbonyl (C=O) groups excluding carboxylic acids is 2. The first-order valence-corrected chi connectivity index (χ1v) is 13.4. The molecule has 9 nitrogen and oxygen atoms in total. The lowest BCUT2D eigenvalue weighted by atomic mass is 9.96. The molecule has 1 atom stereocenters. The van der Waals surface area contributed by atoms with Crippen LogP contribution in [0.1, 0.15) is 49.1 Å². The topological polar surface area (TPSA) is 109 Å². The Kier molecular flexibility index (Phi) is 8.19. The Morgan fingerprint density at radius 3 is 2.81 bits per heavy atom. The molecule has 2 aliphatic heterocycles. The molecule has 4 rings (SSSR count). The summed E-state index contributed by atoms with van der Waals surface area (Å²) in [7, 11) is 0. The summed E-state index contributed by atoms with van der Waals surface area (Å²) < 4.78 is 12.6. The number of hydrogen-bond donors (Lipinski definition) is 0. The highest BCUT2D eigenvalue weighted by Crippen LogP contribution is 2.37. The molecule has 0 saturated carbocycles. The minimum Gasteiger partial charge on any atom is -0.467 e. The Labute approximate surface area is 224 Å². The van der Waals surface area contributed by atoms with Crippen LogP contribution in [0.25, 0.3) is 6.08 Å². The van der Waals surface area contributed by atoms with Crippen molar-refractivity contribution < 1.29 is 18.7 Å². The monoisotopic (exact) mass is 540 g/mol. The number of amides is 1. The van der Waals surface area contributed by atoms with Crippen molar-refractivity contribution >= 4 is 52.1 Å². The van der Waals surface area contributed by atoms with Crippen molar-refractivity contribution in [3.8, 4) is 6.07 Å². The molecule has 0 spiro atoms. The molecule has 194 valence electrons. The molecule has 2 aliphatic rings. The van der Waals surface area contributed by atoms with Gasteiger partial charge in [0.25, 0.3) is 11.5 Å². The van der Waals surface area contributed by atoms with E-state index in [1.165, 1.54) is 22.9 Å². The summed E-state index contributed by atoms with van der Waals surface area (Å²) in [4.78, 5) is 43.0. The smallest absolute Gasteiger partial charge is 0.310 e. The third-order valence-electron chi connectivity index (χ3n) is 6.55. The van der Waals surface area contributed by atoms with Crippen molar-refractivity contribution in [2.75, 3.05) is 24.6 Å². The van der Waals surface area contributed by atoms with Crippen molar-refractivity contribution in [1.29, 1.82) is 5.26 Å². The highest BCUT2D eigenvalue weighted by molar-refractivity contribution is 8.26. The van der Waals surface area contributed by atoms with Gasteiger partial charge in [-0.3, -0.25) is 23.9 Å². The molecular formula is C26H28N4O5S2. The molecule has 0 aliphatic carbocycles. The average Bonchev–Trinajstić information content (AvgIpc) is 3.50. The predicted octanol–water partition coefficient (Wildman–Crippen LogP) is 3.82. The lowest BCUT2D eigenvalue weighted by Crippen LogP contribution is -2.43. The maximum absolute atomic E-state index is 13.3. The van der Waals surface area contributed by atoms with Crippen LogP contribution < -0.4 is 10.5 Å². The molecule has 0 N–H and O–H groups in total. The van der Waals surface area contributed by atoms with E-state index in [9.17, 15) is 19.6 Å². The standard InChI is InChI=1S/C26H28N4O5S2/c1-4-29-22(28-10-6-8-17(14-28)25(33)34-5-2)19(16(3)20(13-27)23(29)31)12-21-24(32)30(26(36)37-21)15-18-9-7-11-35-18/h7,9,11-12,17H,4-6,8,10,14-15H2,1-3H3/b21-12-. The van der Waals surface area contributed by atoms with Gasteiger partial charge in [0.2, 0.25) is 0 Å². The third kappa shape index (κ3) is 5.22. The van der Waals surface area contributed by atoms with Crippen LogP contribution >= 0.6 is 24.0 Å². The fraction of sp³-hybridized carbons (Fsp3) is 0.423. The fourth-order valence-corrected chi connectivity index (χ4v) is 5.96. The zero-order chi connectivity index (χ0) is 26.7. The van der Waals surface area contributed by atoms with Gasteiger partial charge in [0.1, 0.15) is 27.5 Å². The van der Waals surface area contributed by atoms with Crippen molar-refractivity contribution in [2.45, 2.75) is 46.7 Å². The Hall–Kier alpha value is -3.36. The van der Waals surface area contributed by atoms with Gasteiger partial charge in [-0.25, -0.2) is 0 Å². The molecule has 11 heteroatoms. The molecule has 2 fully saturated rings. The summed E-state index contributed by atoms with van der Waals surface area (Å²) in [6.07, 6.45) is 4.69. The molecule has 0 radical (unpaired) electrons. The Morgan fingerprint density at radius 1 is 1.38 bits per heavy atom. The number of anilines is 1. The molecule has 1 unspecified atom stereocenters. The summed E-state index contributed by atoms with van der Waals surface area (Å²) in [6.45, 7) is 7.17. The van der Waals surface area contributed by atoms with E-state index in [2.05, 4.69) is 0 Å². The van der Waals surface area contributed by atoms with Crippen LogP contribution in [-0.2, 0) is 27.4 Å². The van der Waals surface area contributed by atoms with Crippen molar-refractivity contribution in [3.63, 3.8) is 0 Å². The highest BCUT2D eigenvalue weighted by Gasteiger charge is 2.35. The number of hydrogen-bond acceptors (Lipinski definition) is 9. The summed E-state index contributed by atoms with van der Waals surface area (Å²) in [5.74, 6) is 0.341. The zero-order valence-corrected chi connectivity index (χ0v) is 22.6. The number of thioether (sulfide) groups is 1. The minimum atomic E-state index is -0.390. The lowest BCUT2D eigenvalue weighted by Gasteiger charge is -2.36. The summed E-state index contributed by atoms with van der Waals surface area (Å²) in [6, 6.07) is 5.56. The largest absolute Gasteiger partial charge is 0.467 e. The van der Waals surface area contributed by atoms with Gasteiger partial charge in [-0.2, -0.15) is 5.26 Å². The predicted molar refractivity (Wildman–Crippen MR) is 145 cm³/mol. The summed E-state index contributed by atoms with van der Waals surface area (Å²) in [5.41, 5.74) is 0.725. The second-order valence-corrected chi connectivity index (χ2v) is 10.5. The maximum Gasteiger partial charge on any atom is 0.310 e. The fourth-order valence-electron chi connectivity index (χ4n) is 4.73. The average molecular weight is 541 g/mol. The van der Waals surface area contributed by atoms with Gasteiger partial charge >= 0.3 is 5.97 Å². The van der Waals surface area contributed by atoms with Crippen molar-refractivity contribution in [2.24, 2.45) is 5.92 Å². The van der Waals surface area contributed by atoms with E-state index in [4.69, 9.17) is 21.4 Å². The highest BCUT2D eigenvalue weighted by atomic mass is 32.2. The molecular weight excluding hydrogens is 512 g/mol. The molecule has 1 amide bonds. The first-order chi connectivity index (χ1) is 17.8. The number of thiocarbonyl (C=S) groups is 1. The number of ether oxygens (including phenoxy) is 1. The Bertz CT molecular complexity index is 1360. The van der Waals surface area contributed by atoms with Gasteiger partial charge in [0.05, 0.1) is 30.2 Å². The van der Waals surface area contributed by atoms with Crippen LogP contribution in [0, 0.1) is 24.2 Å². The van der Waals surface area contributed by atoms with Crippen LogP contribution in [0.4, 0.5) is 5.82 Å². The van der Waals surface area contributed by atoms with Gasteiger partial charge < -0.3 is 14.1 Å². The molecule has 37 heavy (non-hydrogen) atoms. The van der Waals surface area contributed by atoms with E-state index < -0.39 is 5.56 Å². The number of furan rings is 1. The first kappa shape index (κ1) is 26.7. The van der Waals surface area contributed by atoms with E-state index in [1.807, 2.05) is 17.9 Å². The SMILES string of the molecule is CCOC(=O)C1CCCN(c2c(/C=C3\SC(=S)N(Cc4ccco4)C3=O)c(C)c(C#N)c(=O)n2CC)C1. The van der Waals surface area contributed by atoms with Crippen LogP contribution in [0.3, 0.4) is 0 Å². The van der Waals surface area contributed by atoms with E-state index in [-0.39, 0.29) is 29.9 Å². The number of rotatable bonds is 7. The number of piperidine rings is 1. The van der Waals surface area contributed by atoms with Gasteiger partial charge in [-0.15, -0.1) is 0 Å². The first-order valence-electron chi connectivity index (χ1n) is 12.2. The summed E-state index contributed by atoms with van der Waals surface area (Å²) >= 11 is 6.65. The molecule has 2 aromatic heterocycles. The second-order valence-electron chi connectivity index (χ2n) is 8.78. The molecule has 2 saturated heterocycles. The van der Waals surface area contributed by atoms with Gasteiger partial charge in [-0.05, 0) is 57.4 Å². The normalized spacial score (nSPS) is 19.0. The second kappa shape index (κ2) is 11.4. The summed E-state index contributed by atoms with van der Waals surface area (Å²) in [5, 5.41) is 9.79. The lowest BCUT2D eigenvalue weighted by molar-refractivity contribution is -0.148. The number of nitrogens with zero attached hydrogens (tertiary/aromatic N) is 4. The number of carbonyl (C=O) groups is 2. The maximum atomic E-state index is 13.3. The van der Waals surface area contributed by atoms with Crippen LogP contribution in [0.15, 0.2) is 32.5 Å². The molecule has 2 aromatic rings. The van der Waals surface area contributed by atoms with Gasteiger partial charge in [-0.1, -0.05) is 24.0 Å². The Balaban J connectivity index is 1.80. The van der Waals surface area contributed by atoms with Crippen LogP contribution in [0.2, 0.25) is 0 Å². The van der Waals surface area contributed by atoms with Crippen LogP contribution in [0.5, 0.6) is 0 Å². The molecule has 0 aromatic carbocycles. The zero-order valence-electron chi connectivity index (χ0n) is 21.0. The van der Waals surface area contributed by atoms with E-state index in [0.717, 1.165) is 6.42 Å². The third-order valence-corrected chi connectivity index (χ3v) is 7.92. The van der Waals surface area contributed by atoms with Crippen LogP contribution in [-0.4, -0.2) is 45.4 Å². The Morgan fingerprint density at radius 2 is 2.16 bits per heavy atom. The minimum absolute atomic E-state index is 0.0295. The van der Waals surface area contributed by atoms with Crippen molar-refractivity contribution in [1.82, 2.24) is 9.47 Å². The molecule has 0 bridgehead atoms. The number of pyridine rings is 1. The van der Waals surface area contributed by atoms with E-state index >= 15 is 0 Å². The number of nitriles is 1. The van der Waals surface area contributed by atoms with E-state index in [1.54, 1.807) is 36.6 Å². The van der Waals surface area contributed by atoms with E-state index in [0.29, 0.717) is 64.6 Å². The van der Waals surface area contributed by atoms with Crippen molar-refractivity contribution in [3.05, 3.63) is 56.1 Å². The van der Waals surface area contributed by atoms with Gasteiger partial charge in [0, 0.05) is 25.2 Å². The number of esters is 1.